The molecule has 0 saturated heterocycles. The van der Waals surface area contributed by atoms with E-state index in [1.807, 2.05) is 0 Å². The molecular weight excluding hydrogens is 384 g/mol. The van der Waals surface area contributed by atoms with Gasteiger partial charge in [0.05, 0.1) is 0 Å². The maximum Gasteiger partial charge on any atom is 0.294 e. The summed E-state index contributed by atoms with van der Waals surface area (Å²) in [6, 6.07) is 6.48. The summed E-state index contributed by atoms with van der Waals surface area (Å²) in [7, 11) is 0. The Bertz CT molecular complexity index is 771. The van der Waals surface area contributed by atoms with Gasteiger partial charge in [0.1, 0.15) is 17.5 Å². The van der Waals surface area contributed by atoms with Crippen LogP contribution in [0.5, 0.6) is 5.75 Å². The second-order valence-corrected chi connectivity index (χ2v) is 7.37. The number of carbonyl (C=O) groups excluding carboxylic acids is 3. The molecule has 1 aromatic carbocycles. The largest absolute Gasteiger partial charge is 0.480 e. The highest BCUT2D eigenvalue weighted by Gasteiger charge is 2.39. The van der Waals surface area contributed by atoms with E-state index in [1.165, 1.54) is 27.7 Å². The Kier molecular flexibility index (Phi) is 7.84. The monoisotopic (exact) mass is 410 g/mol. The van der Waals surface area contributed by atoms with Crippen LogP contribution in [-0.4, -0.2) is 46.5 Å². The second-order valence-electron chi connectivity index (χ2n) is 7.37. The van der Waals surface area contributed by atoms with Crippen molar-refractivity contribution in [1.82, 2.24) is 0 Å². The predicted octanol–water partition coefficient (Wildman–Crippen LogP) is 2.33. The van der Waals surface area contributed by atoms with Crippen LogP contribution in [0.2, 0.25) is 0 Å². The molecule has 0 bridgehead atoms. The van der Waals surface area contributed by atoms with Crippen LogP contribution in [0.4, 0.5) is 5.69 Å². The molecule has 10 nitrogen and oxygen atoms in total. The number of ketones is 2. The van der Waals surface area contributed by atoms with E-state index >= 15 is 0 Å². The van der Waals surface area contributed by atoms with E-state index in [-0.39, 0.29) is 5.91 Å². The zero-order valence-electron chi connectivity index (χ0n) is 17.3. The van der Waals surface area contributed by atoms with Crippen LogP contribution in [0.3, 0.4) is 0 Å². The lowest BCUT2D eigenvalue weighted by atomic mass is 9.97. The molecule has 29 heavy (non-hydrogen) atoms. The SMILES string of the molecule is CC(=O)Nc1ccc(OC(C)(C)C(=O)C(C)OC(C)(C)C(=O)CO[N+](=O)[O-])cc1. The van der Waals surface area contributed by atoms with Crippen LogP contribution in [0.1, 0.15) is 41.5 Å². The lowest BCUT2D eigenvalue weighted by Crippen LogP contribution is -2.49. The summed E-state index contributed by atoms with van der Waals surface area (Å²) in [6.07, 6.45) is -1.03. The van der Waals surface area contributed by atoms with Crippen LogP contribution < -0.4 is 10.1 Å². The Balaban J connectivity index is 2.77. The zero-order chi connectivity index (χ0) is 22.4. The van der Waals surface area contributed by atoms with Gasteiger partial charge in [-0.3, -0.25) is 14.4 Å². The average molecular weight is 410 g/mol. The van der Waals surface area contributed by atoms with Crippen molar-refractivity contribution in [2.45, 2.75) is 58.8 Å². The zero-order valence-corrected chi connectivity index (χ0v) is 17.3. The summed E-state index contributed by atoms with van der Waals surface area (Å²) in [5.74, 6) is -0.916. The minimum absolute atomic E-state index is 0.207. The lowest BCUT2D eigenvalue weighted by molar-refractivity contribution is -0.754. The number of ether oxygens (including phenoxy) is 2. The maximum atomic E-state index is 12.8. The van der Waals surface area contributed by atoms with Gasteiger partial charge in [-0.2, -0.15) is 0 Å². The fraction of sp³-hybridized carbons (Fsp3) is 0.526. The first-order valence-corrected chi connectivity index (χ1v) is 8.84. The van der Waals surface area contributed by atoms with E-state index in [2.05, 4.69) is 10.2 Å². The molecule has 0 radical (unpaired) electrons. The summed E-state index contributed by atoms with van der Waals surface area (Å²) < 4.78 is 11.3. The van der Waals surface area contributed by atoms with Crippen molar-refractivity contribution >= 4 is 23.2 Å². The number of hydrogen-bond acceptors (Lipinski definition) is 8. The number of hydrogen-bond donors (Lipinski definition) is 1. The molecule has 1 N–H and O–H groups in total. The summed E-state index contributed by atoms with van der Waals surface area (Å²) in [5, 5.41) is 11.8. The normalized spacial score (nSPS) is 12.6. The van der Waals surface area contributed by atoms with Gasteiger partial charge in [-0.1, -0.05) is 0 Å². The van der Waals surface area contributed by atoms with Gasteiger partial charge >= 0.3 is 0 Å². The molecule has 0 spiro atoms. The number of amides is 1. The van der Waals surface area contributed by atoms with Crippen molar-refractivity contribution in [2.75, 3.05) is 11.9 Å². The van der Waals surface area contributed by atoms with Gasteiger partial charge in [0, 0.05) is 12.6 Å². The molecule has 1 unspecified atom stereocenters. The van der Waals surface area contributed by atoms with Crippen molar-refractivity contribution in [1.29, 1.82) is 0 Å². The molecule has 0 aliphatic carbocycles. The molecule has 0 heterocycles. The van der Waals surface area contributed by atoms with E-state index in [1.54, 1.807) is 38.1 Å². The van der Waals surface area contributed by atoms with E-state index in [4.69, 9.17) is 9.47 Å². The lowest BCUT2D eigenvalue weighted by Gasteiger charge is -2.32. The Morgan fingerprint density at radius 1 is 1.10 bits per heavy atom. The Morgan fingerprint density at radius 3 is 2.14 bits per heavy atom. The fourth-order valence-corrected chi connectivity index (χ4v) is 2.49. The van der Waals surface area contributed by atoms with Crippen molar-refractivity contribution in [3.8, 4) is 5.75 Å². The number of anilines is 1. The molecule has 0 aliphatic rings. The first-order valence-electron chi connectivity index (χ1n) is 8.84. The number of benzene rings is 1. The molecule has 160 valence electrons. The van der Waals surface area contributed by atoms with E-state index in [9.17, 15) is 24.5 Å². The van der Waals surface area contributed by atoms with Crippen LogP contribution in [0.25, 0.3) is 0 Å². The molecule has 1 amide bonds. The highest BCUT2D eigenvalue weighted by atomic mass is 16.9. The Labute approximate surface area is 168 Å². The first kappa shape index (κ1) is 24.0. The molecule has 0 fully saturated rings. The predicted molar refractivity (Wildman–Crippen MR) is 103 cm³/mol. The summed E-state index contributed by atoms with van der Waals surface area (Å²) >= 11 is 0. The molecule has 0 aromatic heterocycles. The van der Waals surface area contributed by atoms with Crippen LogP contribution in [0, 0.1) is 10.1 Å². The summed E-state index contributed by atoms with van der Waals surface area (Å²) in [6.45, 7) is 8.00. The maximum absolute atomic E-state index is 12.8. The van der Waals surface area contributed by atoms with Gasteiger partial charge in [-0.25, -0.2) is 0 Å². The van der Waals surface area contributed by atoms with Gasteiger partial charge in [0.25, 0.3) is 5.09 Å². The van der Waals surface area contributed by atoms with Crippen LogP contribution >= 0.6 is 0 Å². The van der Waals surface area contributed by atoms with Crippen molar-refractivity contribution in [2.24, 2.45) is 0 Å². The van der Waals surface area contributed by atoms with Gasteiger partial charge in [-0.15, -0.1) is 10.1 Å². The third-order valence-corrected chi connectivity index (χ3v) is 3.95. The Morgan fingerprint density at radius 2 is 1.66 bits per heavy atom. The number of Topliss-reactive ketones (excluding diaryl/α,β-unsaturated/α-hetero) is 2. The van der Waals surface area contributed by atoms with Gasteiger partial charge in [0.2, 0.25) is 11.7 Å². The highest BCUT2D eigenvalue weighted by Crippen LogP contribution is 2.24. The number of carbonyl (C=O) groups is 3. The highest BCUT2D eigenvalue weighted by molar-refractivity contribution is 5.92. The van der Waals surface area contributed by atoms with E-state index in [0.29, 0.717) is 11.4 Å². The smallest absolute Gasteiger partial charge is 0.294 e. The average Bonchev–Trinajstić information content (AvgIpc) is 2.59. The number of rotatable bonds is 11. The number of nitrogens with one attached hydrogen (secondary N) is 1. The Hall–Kier alpha value is -3.01. The topological polar surface area (TPSA) is 134 Å². The molecule has 1 aromatic rings. The third-order valence-electron chi connectivity index (χ3n) is 3.95. The quantitative estimate of drug-likeness (QED) is 0.434. The molecule has 0 saturated carbocycles. The number of nitrogens with zero attached hydrogens (tertiary/aromatic N) is 1. The molecule has 0 aliphatic heterocycles. The molecule has 1 atom stereocenters. The molecule has 10 heteroatoms. The minimum Gasteiger partial charge on any atom is -0.480 e. The van der Waals surface area contributed by atoms with Gasteiger partial charge < -0.3 is 19.6 Å². The van der Waals surface area contributed by atoms with Crippen molar-refractivity contribution < 1.29 is 33.8 Å². The van der Waals surface area contributed by atoms with Crippen molar-refractivity contribution in [3.05, 3.63) is 34.4 Å². The standard InChI is InChI=1S/C19H26N2O8/c1-12(28-18(3,4)16(23)11-27-21(25)26)17(24)19(5,6)29-15-9-7-14(8-10-15)20-13(2)22/h7-10,12H,11H2,1-6H3,(H,20,22). The van der Waals surface area contributed by atoms with Crippen molar-refractivity contribution in [3.63, 3.8) is 0 Å². The minimum atomic E-state index is -1.47. The second kappa shape index (κ2) is 9.46. The third kappa shape index (κ3) is 7.49. The van der Waals surface area contributed by atoms with E-state index < -0.39 is 40.6 Å². The summed E-state index contributed by atoms with van der Waals surface area (Å²) in [4.78, 5) is 50.2. The molecule has 1 rings (SSSR count). The molecular formula is C19H26N2O8. The fourth-order valence-electron chi connectivity index (χ4n) is 2.49. The van der Waals surface area contributed by atoms with E-state index in [0.717, 1.165) is 0 Å². The van der Waals surface area contributed by atoms with Crippen LogP contribution in [0.15, 0.2) is 24.3 Å². The van der Waals surface area contributed by atoms with Crippen LogP contribution in [-0.2, 0) is 24.0 Å². The van der Waals surface area contributed by atoms with Gasteiger partial charge in [0.15, 0.2) is 18.0 Å². The first-order chi connectivity index (χ1) is 13.2. The van der Waals surface area contributed by atoms with Gasteiger partial charge in [-0.05, 0) is 58.9 Å². The summed E-state index contributed by atoms with van der Waals surface area (Å²) in [5.41, 5.74) is -2.17.